The normalized spacial score (nSPS) is 13.2. The fourth-order valence-electron chi connectivity index (χ4n) is 2.02. The van der Waals surface area contributed by atoms with Gasteiger partial charge in [0.05, 0.1) is 17.0 Å². The first-order chi connectivity index (χ1) is 9.88. The van der Waals surface area contributed by atoms with Crippen molar-refractivity contribution in [1.82, 2.24) is 15.5 Å². The molecule has 1 unspecified atom stereocenters. The molecule has 6 heteroatoms. The van der Waals surface area contributed by atoms with Crippen molar-refractivity contribution in [2.75, 3.05) is 0 Å². The molecule has 21 heavy (non-hydrogen) atoms. The van der Waals surface area contributed by atoms with Gasteiger partial charge in [0.1, 0.15) is 0 Å². The topological polar surface area (TPSA) is 37.8 Å². The first kappa shape index (κ1) is 15.4. The Balaban J connectivity index is 2.10. The van der Waals surface area contributed by atoms with Crippen LogP contribution in [-0.4, -0.2) is 10.2 Å². The number of aryl methyl sites for hydroxylation is 1. The van der Waals surface area contributed by atoms with E-state index < -0.39 is 17.8 Å². The van der Waals surface area contributed by atoms with E-state index in [1.807, 2.05) is 13.0 Å². The third-order valence-corrected chi connectivity index (χ3v) is 3.18. The van der Waals surface area contributed by atoms with Gasteiger partial charge in [0.2, 0.25) is 0 Å². The highest BCUT2D eigenvalue weighted by molar-refractivity contribution is 5.32. The lowest BCUT2D eigenvalue weighted by Crippen LogP contribution is -2.22. The van der Waals surface area contributed by atoms with Crippen LogP contribution in [0.2, 0.25) is 0 Å². The van der Waals surface area contributed by atoms with Crippen LogP contribution in [0.4, 0.5) is 13.2 Å². The van der Waals surface area contributed by atoms with Crippen molar-refractivity contribution in [3.05, 3.63) is 58.9 Å². The monoisotopic (exact) mass is 295 g/mol. The van der Waals surface area contributed by atoms with Gasteiger partial charge < -0.3 is 5.32 Å². The number of hydrogen-bond acceptors (Lipinski definition) is 3. The van der Waals surface area contributed by atoms with Gasteiger partial charge in [-0.2, -0.15) is 23.4 Å². The number of benzene rings is 1. The summed E-state index contributed by atoms with van der Waals surface area (Å²) in [7, 11) is 0. The number of nitrogens with one attached hydrogen (secondary N) is 1. The zero-order valence-corrected chi connectivity index (χ0v) is 11.8. The lowest BCUT2D eigenvalue weighted by molar-refractivity contribution is -0.138. The van der Waals surface area contributed by atoms with Gasteiger partial charge in [-0.3, -0.25) is 0 Å². The molecule has 0 aliphatic carbocycles. The van der Waals surface area contributed by atoms with E-state index in [4.69, 9.17) is 0 Å². The van der Waals surface area contributed by atoms with E-state index in [9.17, 15) is 13.2 Å². The highest BCUT2D eigenvalue weighted by Gasteiger charge is 2.33. The van der Waals surface area contributed by atoms with Crippen LogP contribution in [0.1, 0.15) is 35.5 Å². The second kappa shape index (κ2) is 6.22. The standard InChI is InChI=1S/C15H16F3N3/c1-10-7-8-12(21-20-10)9-19-11(2)13-5-3-4-6-14(13)15(16,17)18/h3-8,11,19H,9H2,1-2H3. The third-order valence-electron chi connectivity index (χ3n) is 3.18. The fourth-order valence-corrected chi connectivity index (χ4v) is 2.02. The maximum Gasteiger partial charge on any atom is 0.416 e. The molecule has 1 N–H and O–H groups in total. The van der Waals surface area contributed by atoms with Crippen LogP contribution in [0, 0.1) is 6.92 Å². The van der Waals surface area contributed by atoms with Crippen LogP contribution in [0.5, 0.6) is 0 Å². The Labute approximate surface area is 121 Å². The van der Waals surface area contributed by atoms with E-state index in [1.165, 1.54) is 12.1 Å². The van der Waals surface area contributed by atoms with E-state index in [-0.39, 0.29) is 5.56 Å². The molecule has 0 aliphatic heterocycles. The van der Waals surface area contributed by atoms with Crippen LogP contribution in [0.3, 0.4) is 0 Å². The van der Waals surface area contributed by atoms with Crippen molar-refractivity contribution in [2.24, 2.45) is 0 Å². The van der Waals surface area contributed by atoms with Gasteiger partial charge in [-0.25, -0.2) is 0 Å². The molecule has 0 fully saturated rings. The summed E-state index contributed by atoms with van der Waals surface area (Å²) >= 11 is 0. The number of rotatable bonds is 4. The molecule has 2 aromatic rings. The van der Waals surface area contributed by atoms with E-state index in [2.05, 4.69) is 15.5 Å². The highest BCUT2D eigenvalue weighted by Crippen LogP contribution is 2.34. The largest absolute Gasteiger partial charge is 0.416 e. The molecule has 0 saturated heterocycles. The van der Waals surface area contributed by atoms with Gasteiger partial charge in [0.25, 0.3) is 0 Å². The summed E-state index contributed by atoms with van der Waals surface area (Å²) in [6.07, 6.45) is -4.35. The molecule has 0 spiro atoms. The number of nitrogens with zero attached hydrogens (tertiary/aromatic N) is 2. The first-order valence-electron chi connectivity index (χ1n) is 6.56. The number of aromatic nitrogens is 2. The van der Waals surface area contributed by atoms with E-state index in [1.54, 1.807) is 19.1 Å². The first-order valence-corrected chi connectivity index (χ1v) is 6.56. The molecule has 1 atom stereocenters. The van der Waals surface area contributed by atoms with Crippen LogP contribution >= 0.6 is 0 Å². The summed E-state index contributed by atoms with van der Waals surface area (Å²) in [6.45, 7) is 3.89. The maximum absolute atomic E-state index is 13.0. The molecule has 2 rings (SSSR count). The minimum atomic E-state index is -4.35. The van der Waals surface area contributed by atoms with E-state index >= 15 is 0 Å². The summed E-state index contributed by atoms with van der Waals surface area (Å²) in [5.41, 5.74) is 1.11. The lowest BCUT2D eigenvalue weighted by atomic mass is 10.0. The van der Waals surface area contributed by atoms with Crippen LogP contribution in [0.25, 0.3) is 0 Å². The quantitative estimate of drug-likeness (QED) is 0.935. The Morgan fingerprint density at radius 1 is 1.10 bits per heavy atom. The number of hydrogen-bond donors (Lipinski definition) is 1. The summed E-state index contributed by atoms with van der Waals surface area (Å²) in [6, 6.07) is 8.76. The second-order valence-electron chi connectivity index (χ2n) is 4.85. The third kappa shape index (κ3) is 4.01. The molecule has 1 heterocycles. The smallest absolute Gasteiger partial charge is 0.304 e. The zero-order valence-electron chi connectivity index (χ0n) is 11.8. The zero-order chi connectivity index (χ0) is 15.5. The highest BCUT2D eigenvalue weighted by atomic mass is 19.4. The Morgan fingerprint density at radius 2 is 1.81 bits per heavy atom. The average Bonchev–Trinajstić information content (AvgIpc) is 2.45. The Hall–Kier alpha value is -1.95. The average molecular weight is 295 g/mol. The Morgan fingerprint density at radius 3 is 2.43 bits per heavy atom. The summed E-state index contributed by atoms with van der Waals surface area (Å²) < 4.78 is 38.9. The van der Waals surface area contributed by atoms with Gasteiger partial charge in [-0.05, 0) is 37.6 Å². The minimum Gasteiger partial charge on any atom is -0.304 e. The molecule has 0 saturated carbocycles. The van der Waals surface area contributed by atoms with Crippen LogP contribution < -0.4 is 5.32 Å². The molecule has 112 valence electrons. The second-order valence-corrected chi connectivity index (χ2v) is 4.85. The van der Waals surface area contributed by atoms with E-state index in [0.717, 1.165) is 11.8 Å². The van der Waals surface area contributed by atoms with Crippen molar-refractivity contribution in [1.29, 1.82) is 0 Å². The van der Waals surface area contributed by atoms with Crippen molar-refractivity contribution < 1.29 is 13.2 Å². The molecule has 0 amide bonds. The van der Waals surface area contributed by atoms with E-state index in [0.29, 0.717) is 12.2 Å². The number of halogens is 3. The summed E-state index contributed by atoms with van der Waals surface area (Å²) in [5.74, 6) is 0. The molecule has 0 aliphatic rings. The van der Waals surface area contributed by atoms with Gasteiger partial charge in [-0.1, -0.05) is 18.2 Å². The predicted molar refractivity (Wildman–Crippen MR) is 73.5 cm³/mol. The number of alkyl halides is 3. The predicted octanol–water partition coefficient (Wildman–Crippen LogP) is 3.65. The Bertz CT molecular complexity index is 594. The Kier molecular flexibility index (Phi) is 4.57. The van der Waals surface area contributed by atoms with Crippen molar-refractivity contribution in [3.63, 3.8) is 0 Å². The van der Waals surface area contributed by atoms with Gasteiger partial charge >= 0.3 is 6.18 Å². The summed E-state index contributed by atoms with van der Waals surface area (Å²) in [5, 5.41) is 10.9. The maximum atomic E-state index is 13.0. The van der Waals surface area contributed by atoms with Gasteiger partial charge in [0, 0.05) is 12.6 Å². The molecule has 3 nitrogen and oxygen atoms in total. The van der Waals surface area contributed by atoms with Gasteiger partial charge in [-0.15, -0.1) is 0 Å². The lowest BCUT2D eigenvalue weighted by Gasteiger charge is -2.19. The van der Waals surface area contributed by atoms with Crippen molar-refractivity contribution in [2.45, 2.75) is 32.6 Å². The molecule has 0 radical (unpaired) electrons. The van der Waals surface area contributed by atoms with Crippen LogP contribution in [-0.2, 0) is 12.7 Å². The van der Waals surface area contributed by atoms with Crippen molar-refractivity contribution in [3.8, 4) is 0 Å². The molecular formula is C15H16F3N3. The molecular weight excluding hydrogens is 279 g/mol. The van der Waals surface area contributed by atoms with Crippen molar-refractivity contribution >= 4 is 0 Å². The summed E-state index contributed by atoms with van der Waals surface area (Å²) in [4.78, 5) is 0. The van der Waals surface area contributed by atoms with Crippen LogP contribution in [0.15, 0.2) is 36.4 Å². The minimum absolute atomic E-state index is 0.227. The SMILES string of the molecule is Cc1ccc(CNC(C)c2ccccc2C(F)(F)F)nn1. The van der Waals surface area contributed by atoms with Gasteiger partial charge in [0.15, 0.2) is 0 Å². The molecule has 0 bridgehead atoms. The molecule has 1 aromatic carbocycles. The molecule has 1 aromatic heterocycles. The fraction of sp³-hybridized carbons (Fsp3) is 0.333.